The minimum Gasteiger partial charge on any atom is -0.275 e. The number of nitrogens with two attached hydrogens (primary N) is 1. The van der Waals surface area contributed by atoms with Crippen molar-refractivity contribution in [3.8, 4) is 0 Å². The highest BCUT2D eigenvalue weighted by atomic mass is 19.1. The number of nitrogens with zero attached hydrogens (tertiary/aromatic N) is 2. The van der Waals surface area contributed by atoms with Crippen LogP contribution in [0.1, 0.15) is 17.3 Å². The summed E-state index contributed by atoms with van der Waals surface area (Å²) < 4.78 is 28.0. The third-order valence-corrected chi connectivity index (χ3v) is 2.73. The molecule has 0 aliphatic rings. The van der Waals surface area contributed by atoms with E-state index in [2.05, 4.69) is 10.5 Å². The van der Waals surface area contributed by atoms with Crippen LogP contribution in [-0.2, 0) is 13.5 Å². The van der Waals surface area contributed by atoms with Gasteiger partial charge < -0.3 is 0 Å². The SMILES string of the molecule is Cn1ccc(C(Cc2ccc(F)cc2F)NN)n1. The van der Waals surface area contributed by atoms with Gasteiger partial charge in [0.05, 0.1) is 11.7 Å². The maximum atomic E-state index is 13.5. The van der Waals surface area contributed by atoms with Crippen LogP contribution in [0.15, 0.2) is 30.5 Å². The van der Waals surface area contributed by atoms with Gasteiger partial charge in [-0.05, 0) is 24.1 Å². The lowest BCUT2D eigenvalue weighted by atomic mass is 10.0. The molecule has 2 rings (SSSR count). The van der Waals surface area contributed by atoms with Crippen LogP contribution in [0.5, 0.6) is 0 Å². The zero-order valence-corrected chi connectivity index (χ0v) is 9.90. The molecule has 0 saturated carbocycles. The summed E-state index contributed by atoms with van der Waals surface area (Å²) in [6, 6.07) is 4.99. The second-order valence-corrected chi connectivity index (χ2v) is 4.07. The molecule has 0 bridgehead atoms. The van der Waals surface area contributed by atoms with E-state index in [9.17, 15) is 8.78 Å². The van der Waals surface area contributed by atoms with Crippen molar-refractivity contribution in [3.63, 3.8) is 0 Å². The van der Waals surface area contributed by atoms with Crippen molar-refractivity contribution in [3.05, 3.63) is 53.4 Å². The van der Waals surface area contributed by atoms with Crippen molar-refractivity contribution < 1.29 is 8.78 Å². The molecule has 6 heteroatoms. The van der Waals surface area contributed by atoms with Gasteiger partial charge in [-0.2, -0.15) is 5.10 Å². The van der Waals surface area contributed by atoms with Gasteiger partial charge in [-0.3, -0.25) is 16.0 Å². The Balaban J connectivity index is 2.20. The van der Waals surface area contributed by atoms with Crippen LogP contribution < -0.4 is 11.3 Å². The molecule has 0 amide bonds. The monoisotopic (exact) mass is 252 g/mol. The maximum absolute atomic E-state index is 13.5. The predicted molar refractivity (Wildman–Crippen MR) is 63.3 cm³/mol. The molecule has 3 N–H and O–H groups in total. The minimum atomic E-state index is -0.591. The van der Waals surface area contributed by atoms with Crippen molar-refractivity contribution in [1.82, 2.24) is 15.2 Å². The number of halogens is 2. The molecule has 2 aromatic rings. The predicted octanol–water partition coefficient (Wildman–Crippen LogP) is 1.45. The number of benzene rings is 1. The zero-order valence-electron chi connectivity index (χ0n) is 9.90. The summed E-state index contributed by atoms with van der Waals surface area (Å²) in [7, 11) is 1.79. The molecule has 1 heterocycles. The lowest BCUT2D eigenvalue weighted by molar-refractivity contribution is 0.507. The van der Waals surface area contributed by atoms with E-state index in [1.165, 1.54) is 12.1 Å². The lowest BCUT2D eigenvalue weighted by Gasteiger charge is -2.14. The van der Waals surface area contributed by atoms with Crippen LogP contribution in [0.4, 0.5) is 8.78 Å². The van der Waals surface area contributed by atoms with E-state index in [-0.39, 0.29) is 6.04 Å². The number of hydrogen-bond acceptors (Lipinski definition) is 3. The first-order chi connectivity index (χ1) is 8.60. The normalized spacial score (nSPS) is 12.7. The van der Waals surface area contributed by atoms with Gasteiger partial charge in [-0.1, -0.05) is 6.07 Å². The van der Waals surface area contributed by atoms with Gasteiger partial charge in [0.25, 0.3) is 0 Å². The number of aromatic nitrogens is 2. The topological polar surface area (TPSA) is 55.9 Å². The molecule has 0 fully saturated rings. The van der Waals surface area contributed by atoms with Gasteiger partial charge in [-0.15, -0.1) is 0 Å². The Labute approximate surface area is 103 Å². The molecule has 1 aromatic heterocycles. The van der Waals surface area contributed by atoms with Crippen LogP contribution in [0.25, 0.3) is 0 Å². The van der Waals surface area contributed by atoms with Crippen LogP contribution in [0, 0.1) is 11.6 Å². The van der Waals surface area contributed by atoms with Crippen LogP contribution in [-0.4, -0.2) is 9.78 Å². The Bertz CT molecular complexity index is 539. The number of rotatable bonds is 4. The standard InChI is InChI=1S/C12H14F2N4/c1-18-5-4-11(17-18)12(16-15)6-8-2-3-9(13)7-10(8)14/h2-5,7,12,16H,6,15H2,1H3. The molecular weight excluding hydrogens is 238 g/mol. The van der Waals surface area contributed by atoms with E-state index in [4.69, 9.17) is 5.84 Å². The molecule has 4 nitrogen and oxygen atoms in total. The Morgan fingerprint density at radius 2 is 2.17 bits per heavy atom. The summed E-state index contributed by atoms with van der Waals surface area (Å²) in [5.41, 5.74) is 3.69. The maximum Gasteiger partial charge on any atom is 0.129 e. The fourth-order valence-corrected chi connectivity index (χ4v) is 1.77. The molecule has 0 aliphatic carbocycles. The molecule has 0 radical (unpaired) electrons. The fraction of sp³-hybridized carbons (Fsp3) is 0.250. The molecule has 1 unspecified atom stereocenters. The minimum absolute atomic E-state index is 0.305. The third kappa shape index (κ3) is 2.72. The summed E-state index contributed by atoms with van der Waals surface area (Å²) in [5.74, 6) is 4.28. The molecule has 0 saturated heterocycles. The van der Waals surface area contributed by atoms with Crippen LogP contribution in [0.2, 0.25) is 0 Å². The second-order valence-electron chi connectivity index (χ2n) is 4.07. The zero-order chi connectivity index (χ0) is 13.1. The number of hydrazine groups is 1. The molecule has 1 aromatic carbocycles. The Morgan fingerprint density at radius 1 is 1.39 bits per heavy atom. The number of hydrogen-bond donors (Lipinski definition) is 2. The van der Waals surface area contributed by atoms with Gasteiger partial charge in [0, 0.05) is 19.3 Å². The molecule has 18 heavy (non-hydrogen) atoms. The smallest absolute Gasteiger partial charge is 0.129 e. The highest BCUT2D eigenvalue weighted by Gasteiger charge is 2.15. The Morgan fingerprint density at radius 3 is 2.72 bits per heavy atom. The summed E-state index contributed by atoms with van der Waals surface area (Å²) in [6.07, 6.45) is 2.08. The van der Waals surface area contributed by atoms with E-state index in [1.807, 2.05) is 0 Å². The lowest BCUT2D eigenvalue weighted by Crippen LogP contribution is -2.30. The first-order valence-electron chi connectivity index (χ1n) is 5.49. The largest absolute Gasteiger partial charge is 0.275 e. The van der Waals surface area contributed by atoms with Gasteiger partial charge >= 0.3 is 0 Å². The van der Waals surface area contributed by atoms with Gasteiger partial charge in [0.2, 0.25) is 0 Å². The molecule has 1 atom stereocenters. The number of aryl methyl sites for hydroxylation is 1. The average Bonchev–Trinajstić information content (AvgIpc) is 2.75. The van der Waals surface area contributed by atoms with Crippen molar-refractivity contribution >= 4 is 0 Å². The van der Waals surface area contributed by atoms with Crippen molar-refractivity contribution in [2.75, 3.05) is 0 Å². The van der Waals surface area contributed by atoms with Crippen LogP contribution >= 0.6 is 0 Å². The molecule has 96 valence electrons. The first kappa shape index (κ1) is 12.7. The summed E-state index contributed by atoms with van der Waals surface area (Å²) >= 11 is 0. The molecular formula is C12H14F2N4. The Hall–Kier alpha value is -1.79. The van der Waals surface area contributed by atoms with Gasteiger partial charge in [-0.25, -0.2) is 8.78 Å². The summed E-state index contributed by atoms with van der Waals surface area (Å²) in [4.78, 5) is 0. The summed E-state index contributed by atoms with van der Waals surface area (Å²) in [6.45, 7) is 0. The first-order valence-corrected chi connectivity index (χ1v) is 5.49. The van der Waals surface area contributed by atoms with Crippen molar-refractivity contribution in [2.24, 2.45) is 12.9 Å². The average molecular weight is 252 g/mol. The van der Waals surface area contributed by atoms with E-state index in [0.29, 0.717) is 17.7 Å². The van der Waals surface area contributed by atoms with Crippen molar-refractivity contribution in [1.29, 1.82) is 0 Å². The highest BCUT2D eigenvalue weighted by Crippen LogP contribution is 2.18. The molecule has 0 spiro atoms. The Kier molecular flexibility index (Phi) is 3.69. The second kappa shape index (κ2) is 5.24. The third-order valence-electron chi connectivity index (χ3n) is 2.73. The quantitative estimate of drug-likeness (QED) is 0.639. The van der Waals surface area contributed by atoms with Crippen molar-refractivity contribution in [2.45, 2.75) is 12.5 Å². The fourth-order valence-electron chi connectivity index (χ4n) is 1.77. The van der Waals surface area contributed by atoms with E-state index >= 15 is 0 Å². The number of nitrogens with one attached hydrogen (secondary N) is 1. The van der Waals surface area contributed by atoms with E-state index in [0.717, 1.165) is 6.07 Å². The van der Waals surface area contributed by atoms with E-state index < -0.39 is 11.6 Å². The highest BCUT2D eigenvalue weighted by molar-refractivity contribution is 5.21. The van der Waals surface area contributed by atoms with E-state index in [1.54, 1.807) is 24.0 Å². The summed E-state index contributed by atoms with van der Waals surface area (Å²) in [5, 5.41) is 4.20. The molecule has 0 aliphatic heterocycles. The van der Waals surface area contributed by atoms with Crippen LogP contribution in [0.3, 0.4) is 0 Å². The van der Waals surface area contributed by atoms with Gasteiger partial charge in [0.15, 0.2) is 0 Å². The van der Waals surface area contributed by atoms with Gasteiger partial charge in [0.1, 0.15) is 11.6 Å².